The Labute approximate surface area is 359 Å². The maximum atomic E-state index is 12.7. The first-order valence-electron chi connectivity index (χ1n) is 24.7. The van der Waals surface area contributed by atoms with E-state index in [-0.39, 0.29) is 32.0 Å². The minimum absolute atomic E-state index is 0.0254. The lowest BCUT2D eigenvalue weighted by Crippen LogP contribution is -2.37. The SMILES string of the molecule is CCCCCCCCCCCCCCCCCCCCC(=O)OC[C@H](COP(=O)([O-])OCC[N+](C)(C)C)OC(=O)CCCCCCCCCCCCCCCCCC. The minimum atomic E-state index is -4.62. The van der Waals surface area contributed by atoms with Crippen LogP contribution in [-0.2, 0) is 32.7 Å². The summed E-state index contributed by atoms with van der Waals surface area (Å²) in [6.07, 6.45) is 42.7. The Kier molecular flexibility index (Phi) is 40.7. The van der Waals surface area contributed by atoms with E-state index >= 15 is 0 Å². The summed E-state index contributed by atoms with van der Waals surface area (Å²) in [7, 11) is 1.19. The summed E-state index contributed by atoms with van der Waals surface area (Å²) in [5.74, 6) is -0.815. The highest BCUT2D eigenvalue weighted by atomic mass is 31.2. The van der Waals surface area contributed by atoms with E-state index in [1.54, 1.807) is 0 Å². The number of esters is 2. The van der Waals surface area contributed by atoms with Crippen LogP contribution >= 0.6 is 7.82 Å². The molecule has 0 N–H and O–H groups in total. The lowest BCUT2D eigenvalue weighted by atomic mass is 10.0. The average molecular weight is 846 g/mol. The first kappa shape index (κ1) is 57.0. The molecule has 0 aromatic heterocycles. The van der Waals surface area contributed by atoms with E-state index in [4.69, 9.17) is 18.5 Å². The van der Waals surface area contributed by atoms with Gasteiger partial charge >= 0.3 is 11.9 Å². The van der Waals surface area contributed by atoms with Gasteiger partial charge in [-0.05, 0) is 12.8 Å². The van der Waals surface area contributed by atoms with E-state index < -0.39 is 26.5 Å². The summed E-state index contributed by atoms with van der Waals surface area (Å²) >= 11 is 0. The van der Waals surface area contributed by atoms with Gasteiger partial charge in [-0.1, -0.05) is 219 Å². The van der Waals surface area contributed by atoms with Crippen LogP contribution in [0, 0.1) is 0 Å². The fourth-order valence-corrected chi connectivity index (χ4v) is 7.97. The Bertz CT molecular complexity index is 958. The van der Waals surface area contributed by atoms with E-state index in [1.165, 1.54) is 180 Å². The van der Waals surface area contributed by atoms with Crippen LogP contribution in [0.15, 0.2) is 0 Å². The van der Waals surface area contributed by atoms with Crippen LogP contribution in [0.5, 0.6) is 0 Å². The van der Waals surface area contributed by atoms with Gasteiger partial charge in [0, 0.05) is 12.8 Å². The van der Waals surface area contributed by atoms with E-state index in [0.717, 1.165) is 32.1 Å². The van der Waals surface area contributed by atoms with Crippen molar-refractivity contribution in [3.8, 4) is 0 Å². The molecule has 1 unspecified atom stereocenters. The van der Waals surface area contributed by atoms with Crippen LogP contribution in [-0.4, -0.2) is 70.0 Å². The normalized spacial score (nSPS) is 13.4. The lowest BCUT2D eigenvalue weighted by molar-refractivity contribution is -0.870. The monoisotopic (exact) mass is 846 g/mol. The van der Waals surface area contributed by atoms with Crippen molar-refractivity contribution in [2.45, 2.75) is 251 Å². The number of ether oxygens (including phenoxy) is 2. The molecule has 2 atom stereocenters. The lowest BCUT2D eigenvalue weighted by Gasteiger charge is -2.28. The Morgan fingerprint density at radius 1 is 0.466 bits per heavy atom. The second-order valence-corrected chi connectivity index (χ2v) is 19.6. The molecule has 0 aliphatic heterocycles. The number of nitrogens with zero attached hydrogens (tertiary/aromatic N) is 1. The van der Waals surface area contributed by atoms with Crippen molar-refractivity contribution in [2.24, 2.45) is 0 Å². The van der Waals surface area contributed by atoms with Crippen molar-refractivity contribution in [3.05, 3.63) is 0 Å². The number of carbonyl (C=O) groups excluding carboxylic acids is 2. The van der Waals surface area contributed by atoms with Crippen molar-refractivity contribution in [1.29, 1.82) is 0 Å². The number of likely N-dealkylation sites (N-methyl/N-ethyl adjacent to an activating group) is 1. The number of phosphoric acid groups is 1. The number of unbranched alkanes of at least 4 members (excludes halogenated alkanes) is 32. The predicted molar refractivity (Wildman–Crippen MR) is 241 cm³/mol. The quantitative estimate of drug-likeness (QED) is 0.0258. The van der Waals surface area contributed by atoms with Gasteiger partial charge in [0.2, 0.25) is 0 Å². The van der Waals surface area contributed by atoms with Gasteiger partial charge in [-0.15, -0.1) is 0 Å². The number of hydrogen-bond donors (Lipinski definition) is 0. The number of phosphoric ester groups is 1. The van der Waals surface area contributed by atoms with E-state index in [1.807, 2.05) is 21.1 Å². The molecule has 0 bridgehead atoms. The van der Waals surface area contributed by atoms with Crippen molar-refractivity contribution < 1.29 is 42.1 Å². The Hall–Kier alpha value is -0.990. The highest BCUT2D eigenvalue weighted by Gasteiger charge is 2.21. The fourth-order valence-electron chi connectivity index (χ4n) is 7.25. The molecule has 0 fully saturated rings. The molecule has 9 nitrogen and oxygen atoms in total. The van der Waals surface area contributed by atoms with Gasteiger partial charge in [0.15, 0.2) is 6.10 Å². The summed E-state index contributed by atoms with van der Waals surface area (Å²) in [4.78, 5) is 37.6. The van der Waals surface area contributed by atoms with Gasteiger partial charge in [0.05, 0.1) is 27.7 Å². The van der Waals surface area contributed by atoms with Crippen LogP contribution < -0.4 is 4.89 Å². The Morgan fingerprint density at radius 2 is 0.776 bits per heavy atom. The highest BCUT2D eigenvalue weighted by Crippen LogP contribution is 2.38. The van der Waals surface area contributed by atoms with Gasteiger partial charge < -0.3 is 27.9 Å². The standard InChI is InChI=1S/C48H96NO8P/c1-6-8-10-12-14-16-18-20-22-24-25-27-28-30-32-34-36-38-40-47(50)54-44-46(45-56-58(52,53)55-43-42-49(3,4)5)57-48(51)41-39-37-35-33-31-29-26-23-21-19-17-15-13-11-9-7-2/h46H,6-45H2,1-5H3/t46-/m1/s1. The molecule has 10 heteroatoms. The molecule has 0 saturated carbocycles. The minimum Gasteiger partial charge on any atom is -0.756 e. The van der Waals surface area contributed by atoms with Crippen LogP contribution in [0.2, 0.25) is 0 Å². The molecule has 0 aliphatic rings. The van der Waals surface area contributed by atoms with Crippen LogP contribution in [0.3, 0.4) is 0 Å². The Balaban J connectivity index is 4.23. The second-order valence-electron chi connectivity index (χ2n) is 18.2. The van der Waals surface area contributed by atoms with Crippen molar-refractivity contribution in [1.82, 2.24) is 0 Å². The molecule has 0 amide bonds. The Morgan fingerprint density at radius 3 is 1.10 bits per heavy atom. The van der Waals surface area contributed by atoms with E-state index in [2.05, 4.69) is 13.8 Å². The maximum Gasteiger partial charge on any atom is 0.306 e. The van der Waals surface area contributed by atoms with E-state index in [0.29, 0.717) is 17.4 Å². The molecular formula is C48H96NO8P. The molecule has 0 aromatic rings. The molecule has 0 rings (SSSR count). The van der Waals surface area contributed by atoms with E-state index in [9.17, 15) is 19.0 Å². The summed E-state index contributed by atoms with van der Waals surface area (Å²) in [6.45, 7) is 4.29. The third-order valence-corrected chi connectivity index (χ3v) is 12.1. The second kappa shape index (κ2) is 41.4. The molecule has 0 aliphatic carbocycles. The zero-order valence-corrected chi connectivity index (χ0v) is 39.9. The van der Waals surface area contributed by atoms with Gasteiger partial charge in [-0.2, -0.15) is 0 Å². The number of hydrogen-bond acceptors (Lipinski definition) is 8. The summed E-state index contributed by atoms with van der Waals surface area (Å²) in [6, 6.07) is 0. The smallest absolute Gasteiger partial charge is 0.306 e. The van der Waals surface area contributed by atoms with Gasteiger partial charge in [-0.25, -0.2) is 0 Å². The highest BCUT2D eigenvalue weighted by molar-refractivity contribution is 7.45. The van der Waals surface area contributed by atoms with Crippen molar-refractivity contribution in [2.75, 3.05) is 47.5 Å². The molecule has 0 heterocycles. The number of rotatable bonds is 46. The third-order valence-electron chi connectivity index (χ3n) is 11.1. The van der Waals surface area contributed by atoms with Gasteiger partial charge in [0.25, 0.3) is 7.82 Å². The van der Waals surface area contributed by atoms with Gasteiger partial charge in [-0.3, -0.25) is 14.2 Å². The predicted octanol–water partition coefficient (Wildman–Crippen LogP) is 13.7. The molecule has 346 valence electrons. The van der Waals surface area contributed by atoms with Crippen LogP contribution in [0.25, 0.3) is 0 Å². The van der Waals surface area contributed by atoms with Crippen LogP contribution in [0.4, 0.5) is 0 Å². The largest absolute Gasteiger partial charge is 0.756 e. The number of quaternary nitrogens is 1. The molecule has 58 heavy (non-hydrogen) atoms. The topological polar surface area (TPSA) is 111 Å². The molecular weight excluding hydrogens is 750 g/mol. The fraction of sp³-hybridized carbons (Fsp3) is 0.958. The first-order chi connectivity index (χ1) is 28.0. The van der Waals surface area contributed by atoms with Crippen molar-refractivity contribution >= 4 is 19.8 Å². The van der Waals surface area contributed by atoms with Gasteiger partial charge in [0.1, 0.15) is 19.8 Å². The zero-order valence-electron chi connectivity index (χ0n) is 39.0. The first-order valence-corrected chi connectivity index (χ1v) is 26.2. The summed E-state index contributed by atoms with van der Waals surface area (Å²) < 4.78 is 34.0. The molecule has 0 spiro atoms. The zero-order chi connectivity index (χ0) is 42.8. The maximum absolute atomic E-state index is 12.7. The average Bonchev–Trinajstić information content (AvgIpc) is 3.17. The molecule has 0 aromatic carbocycles. The number of carbonyl (C=O) groups is 2. The molecule has 0 radical (unpaired) electrons. The molecule has 0 saturated heterocycles. The summed E-state index contributed by atoms with van der Waals surface area (Å²) in [5.41, 5.74) is 0. The van der Waals surface area contributed by atoms with Crippen molar-refractivity contribution in [3.63, 3.8) is 0 Å². The van der Waals surface area contributed by atoms with Crippen LogP contribution in [0.1, 0.15) is 245 Å². The third kappa shape index (κ3) is 44.6. The summed E-state index contributed by atoms with van der Waals surface area (Å²) in [5, 5.41) is 0.